The third-order valence-electron chi connectivity index (χ3n) is 1.42. The molecule has 1 aromatic rings. The highest BCUT2D eigenvalue weighted by Crippen LogP contribution is 2.24. The van der Waals surface area contributed by atoms with Gasteiger partial charge in [0.25, 0.3) is 0 Å². The number of halogens is 3. The van der Waals surface area contributed by atoms with Crippen molar-refractivity contribution in [2.24, 2.45) is 0 Å². The fourth-order valence-electron chi connectivity index (χ4n) is 0.625. The van der Waals surface area contributed by atoms with Crippen molar-refractivity contribution in [1.29, 1.82) is 0 Å². The number of hydrogen-bond acceptors (Lipinski definition) is 3. The van der Waals surface area contributed by atoms with Gasteiger partial charge in [0.1, 0.15) is 6.33 Å². The van der Waals surface area contributed by atoms with E-state index in [0.29, 0.717) is 5.03 Å². The number of rotatable bonds is 4. The molecule has 0 unspecified atom stereocenters. The summed E-state index contributed by atoms with van der Waals surface area (Å²) in [6.07, 6.45) is 2.78. The van der Waals surface area contributed by atoms with Crippen LogP contribution in [-0.4, -0.2) is 22.7 Å². The molecule has 0 N–H and O–H groups in total. The summed E-state index contributed by atoms with van der Waals surface area (Å²) in [5.41, 5.74) is -0.700. The van der Waals surface area contributed by atoms with Crippen LogP contribution in [0, 0.1) is 0 Å². The normalized spacial score (nSPS) is 11.4. The quantitative estimate of drug-likeness (QED) is 0.442. The highest BCUT2D eigenvalue weighted by Gasteiger charge is 2.26. The van der Waals surface area contributed by atoms with Gasteiger partial charge in [0.15, 0.2) is 0 Å². The monoisotopic (exact) mass is 219 g/mol. The van der Waals surface area contributed by atoms with Crippen LogP contribution in [0.25, 0.3) is 0 Å². The summed E-state index contributed by atoms with van der Waals surface area (Å²) in [4.78, 5) is 7.44. The van der Waals surface area contributed by atoms with Gasteiger partial charge in [-0.1, -0.05) is 0 Å². The lowest BCUT2D eigenvalue weighted by Gasteiger charge is -2.16. The van der Waals surface area contributed by atoms with E-state index in [1.54, 1.807) is 6.07 Å². The zero-order valence-corrected chi connectivity index (χ0v) is 7.98. The molecule has 76 valence electrons. The molecule has 0 spiro atoms. The molecular formula is C7H7BF3N2S-. The summed E-state index contributed by atoms with van der Waals surface area (Å²) in [5, 5.41) is 0.515. The Morgan fingerprint density at radius 1 is 1.50 bits per heavy atom. The molecule has 2 nitrogen and oxygen atoms in total. The molecule has 0 fully saturated rings. The first-order chi connectivity index (χ1) is 6.50. The van der Waals surface area contributed by atoms with Crippen molar-refractivity contribution in [3.8, 4) is 0 Å². The van der Waals surface area contributed by atoms with Crippen LogP contribution in [-0.2, 0) is 0 Å². The molecule has 0 aliphatic rings. The molecule has 0 saturated carbocycles. The van der Waals surface area contributed by atoms with Crippen LogP contribution >= 0.6 is 11.8 Å². The van der Waals surface area contributed by atoms with E-state index < -0.39 is 12.4 Å². The molecule has 0 bridgehead atoms. The number of nitrogens with zero attached hydrogens (tertiary/aromatic N) is 2. The lowest BCUT2D eigenvalue weighted by Crippen LogP contribution is -2.20. The van der Waals surface area contributed by atoms with Gasteiger partial charge in [-0.3, -0.25) is 0 Å². The fourth-order valence-corrected chi connectivity index (χ4v) is 1.43. The van der Waals surface area contributed by atoms with Gasteiger partial charge >= 0.3 is 6.98 Å². The van der Waals surface area contributed by atoms with Crippen LogP contribution in [0.4, 0.5) is 12.9 Å². The zero-order chi connectivity index (χ0) is 10.6. The topological polar surface area (TPSA) is 25.8 Å². The van der Waals surface area contributed by atoms with E-state index in [4.69, 9.17) is 0 Å². The summed E-state index contributed by atoms with van der Waals surface area (Å²) < 4.78 is 36.2. The second kappa shape index (κ2) is 4.50. The minimum absolute atomic E-state index is 0.180. The van der Waals surface area contributed by atoms with Crippen molar-refractivity contribution < 1.29 is 12.9 Å². The van der Waals surface area contributed by atoms with E-state index in [2.05, 4.69) is 16.5 Å². The molecule has 0 radical (unpaired) electrons. The van der Waals surface area contributed by atoms with Gasteiger partial charge < -0.3 is 12.9 Å². The van der Waals surface area contributed by atoms with E-state index in [-0.39, 0.29) is 5.75 Å². The molecule has 0 saturated heterocycles. The van der Waals surface area contributed by atoms with Gasteiger partial charge in [0, 0.05) is 6.20 Å². The smallest absolute Gasteiger partial charge is 0.445 e. The van der Waals surface area contributed by atoms with Crippen LogP contribution < -0.4 is 0 Å². The zero-order valence-electron chi connectivity index (χ0n) is 7.16. The van der Waals surface area contributed by atoms with E-state index in [1.807, 2.05) is 0 Å². The Bertz CT molecular complexity index is 314. The maximum atomic E-state index is 12.1. The number of aromatic nitrogens is 2. The number of hydrogen-bond donors (Lipinski definition) is 0. The molecular weight excluding hydrogens is 212 g/mol. The Morgan fingerprint density at radius 3 is 2.71 bits per heavy atom. The first kappa shape index (κ1) is 11.1. The molecule has 1 heterocycles. The van der Waals surface area contributed by atoms with E-state index >= 15 is 0 Å². The molecule has 0 amide bonds. The summed E-state index contributed by atoms with van der Waals surface area (Å²) in [6.45, 7) is -1.95. The Kier molecular flexibility index (Phi) is 3.57. The highest BCUT2D eigenvalue weighted by atomic mass is 32.2. The molecule has 1 aromatic heterocycles. The number of thioether (sulfide) groups is 1. The van der Waals surface area contributed by atoms with E-state index in [1.165, 1.54) is 12.5 Å². The minimum Gasteiger partial charge on any atom is -0.445 e. The van der Waals surface area contributed by atoms with Crippen molar-refractivity contribution in [3.63, 3.8) is 0 Å². The van der Waals surface area contributed by atoms with Crippen LogP contribution in [0.15, 0.2) is 35.7 Å². The van der Waals surface area contributed by atoms with E-state index in [0.717, 1.165) is 11.8 Å². The highest BCUT2D eigenvalue weighted by molar-refractivity contribution is 7.99. The standard InChI is InChI=1S/C7H7BF3N2S/c1-6(8(9,10)11)4-14-7-2-3-12-5-13-7/h2-3,5H,1,4H2/q-1. The molecule has 1 rings (SSSR count). The molecule has 0 aliphatic carbocycles. The maximum absolute atomic E-state index is 12.1. The molecule has 0 aromatic carbocycles. The van der Waals surface area contributed by atoms with Gasteiger partial charge in [-0.25, -0.2) is 9.97 Å². The largest absolute Gasteiger partial charge is 0.505 e. The van der Waals surface area contributed by atoms with Crippen molar-refractivity contribution in [1.82, 2.24) is 9.97 Å². The first-order valence-electron chi connectivity index (χ1n) is 3.76. The third-order valence-corrected chi connectivity index (χ3v) is 2.48. The summed E-state index contributed by atoms with van der Waals surface area (Å²) in [5.74, 6) is -0.180. The Labute approximate surface area is 83.7 Å². The lowest BCUT2D eigenvalue weighted by atomic mass is 9.82. The third kappa shape index (κ3) is 3.41. The fraction of sp³-hybridized carbons (Fsp3) is 0.143. The lowest BCUT2D eigenvalue weighted by molar-refractivity contribution is 0.491. The van der Waals surface area contributed by atoms with Crippen molar-refractivity contribution in [3.05, 3.63) is 30.6 Å². The van der Waals surface area contributed by atoms with Crippen molar-refractivity contribution in [2.75, 3.05) is 5.75 Å². The second-order valence-corrected chi connectivity index (χ2v) is 3.56. The second-order valence-electron chi connectivity index (χ2n) is 2.57. The molecule has 14 heavy (non-hydrogen) atoms. The molecule has 7 heteroatoms. The summed E-state index contributed by atoms with van der Waals surface area (Å²) in [7, 11) is 0. The Balaban J connectivity index is 2.46. The van der Waals surface area contributed by atoms with Gasteiger partial charge in [0.05, 0.1) is 5.03 Å². The first-order valence-corrected chi connectivity index (χ1v) is 4.75. The predicted molar refractivity (Wildman–Crippen MR) is 51.0 cm³/mol. The van der Waals surface area contributed by atoms with Crippen LogP contribution in [0.1, 0.15) is 0 Å². The van der Waals surface area contributed by atoms with Crippen molar-refractivity contribution >= 4 is 18.7 Å². The maximum Gasteiger partial charge on any atom is 0.505 e. The van der Waals surface area contributed by atoms with Crippen LogP contribution in [0.5, 0.6) is 0 Å². The van der Waals surface area contributed by atoms with Crippen molar-refractivity contribution in [2.45, 2.75) is 5.03 Å². The SMILES string of the molecule is C=C(CSc1ccncn1)[B-](F)(F)F. The van der Waals surface area contributed by atoms with Gasteiger partial charge in [-0.2, -0.15) is 0 Å². The Hall–Kier alpha value is -0.975. The van der Waals surface area contributed by atoms with Crippen LogP contribution in [0.2, 0.25) is 0 Å². The van der Waals surface area contributed by atoms with Gasteiger partial charge in [-0.05, 0) is 11.8 Å². The summed E-state index contributed by atoms with van der Waals surface area (Å²) in [6, 6.07) is 1.56. The van der Waals surface area contributed by atoms with E-state index in [9.17, 15) is 12.9 Å². The minimum atomic E-state index is -4.93. The average molecular weight is 219 g/mol. The average Bonchev–Trinajstić information content (AvgIpc) is 2.14. The van der Waals surface area contributed by atoms with Crippen LogP contribution in [0.3, 0.4) is 0 Å². The Morgan fingerprint density at radius 2 is 2.21 bits per heavy atom. The predicted octanol–water partition coefficient (Wildman–Crippen LogP) is 2.51. The van der Waals surface area contributed by atoms with Gasteiger partial charge in [0.2, 0.25) is 0 Å². The molecule has 0 atom stereocenters. The van der Waals surface area contributed by atoms with Gasteiger partial charge in [-0.15, -0.1) is 23.8 Å². The molecule has 0 aliphatic heterocycles. The summed E-state index contributed by atoms with van der Waals surface area (Å²) >= 11 is 1.00.